The number of H-pyrrole nitrogens is 1. The third-order valence-corrected chi connectivity index (χ3v) is 5.76. The van der Waals surface area contributed by atoms with E-state index in [1.54, 1.807) is 6.92 Å². The molecule has 1 aromatic carbocycles. The van der Waals surface area contributed by atoms with Crippen LogP contribution < -0.4 is 5.32 Å². The molecule has 8 nitrogen and oxygen atoms in total. The lowest BCUT2D eigenvalue weighted by Crippen LogP contribution is -2.27. The maximum absolute atomic E-state index is 11.4. The Morgan fingerprint density at radius 2 is 1.94 bits per heavy atom. The molecule has 31 heavy (non-hydrogen) atoms. The summed E-state index contributed by atoms with van der Waals surface area (Å²) in [6, 6.07) is 7.71. The number of aliphatic hydroxyl groups excluding tert-OH is 2. The lowest BCUT2D eigenvalue weighted by Gasteiger charge is -2.23. The first-order valence-corrected chi connectivity index (χ1v) is 10.4. The number of halogens is 1. The SMILES string of the molecule is C=C(C)C(=O)Nc1ncnc2nc[nH]c12.CC(c1ccc(Cl)cc1)C1CCC(O)C1O. The number of carbonyl (C=O) groups is 1. The Morgan fingerprint density at radius 1 is 1.23 bits per heavy atom. The number of aliphatic hydroxyl groups is 2. The van der Waals surface area contributed by atoms with E-state index in [2.05, 4.69) is 38.8 Å². The van der Waals surface area contributed by atoms with Crippen molar-refractivity contribution < 1.29 is 15.0 Å². The van der Waals surface area contributed by atoms with Crippen molar-refractivity contribution in [2.24, 2.45) is 5.92 Å². The molecule has 1 aliphatic carbocycles. The van der Waals surface area contributed by atoms with Gasteiger partial charge in [-0.05, 0) is 49.3 Å². The molecule has 0 saturated heterocycles. The van der Waals surface area contributed by atoms with Crippen LogP contribution in [-0.4, -0.2) is 48.3 Å². The highest BCUT2D eigenvalue weighted by atomic mass is 35.5. The van der Waals surface area contributed by atoms with Crippen LogP contribution in [-0.2, 0) is 4.79 Å². The maximum Gasteiger partial charge on any atom is 0.251 e. The van der Waals surface area contributed by atoms with Crippen LogP contribution in [0.15, 0.2) is 49.1 Å². The second-order valence-corrected chi connectivity index (χ2v) is 8.13. The normalized spacial score (nSPS) is 21.3. The van der Waals surface area contributed by atoms with Gasteiger partial charge in [0.25, 0.3) is 5.91 Å². The summed E-state index contributed by atoms with van der Waals surface area (Å²) in [4.78, 5) is 26.0. The molecule has 0 aliphatic heterocycles. The van der Waals surface area contributed by atoms with E-state index in [9.17, 15) is 15.0 Å². The molecule has 2 aromatic heterocycles. The average Bonchev–Trinajstić information content (AvgIpc) is 3.36. The van der Waals surface area contributed by atoms with Crippen LogP contribution in [0.5, 0.6) is 0 Å². The third kappa shape index (κ3) is 5.46. The van der Waals surface area contributed by atoms with Gasteiger partial charge in [0.2, 0.25) is 0 Å². The van der Waals surface area contributed by atoms with Crippen molar-refractivity contribution in [3.8, 4) is 0 Å². The number of aromatic amines is 1. The van der Waals surface area contributed by atoms with Crippen molar-refractivity contribution in [2.45, 2.75) is 44.8 Å². The van der Waals surface area contributed by atoms with Crippen LogP contribution in [0.3, 0.4) is 0 Å². The smallest absolute Gasteiger partial charge is 0.251 e. The summed E-state index contributed by atoms with van der Waals surface area (Å²) in [7, 11) is 0. The minimum Gasteiger partial charge on any atom is -0.390 e. The quantitative estimate of drug-likeness (QED) is 0.458. The van der Waals surface area contributed by atoms with E-state index in [0.29, 0.717) is 29.0 Å². The Hall–Kier alpha value is -2.81. The summed E-state index contributed by atoms with van der Waals surface area (Å²) in [5, 5.41) is 22.7. The molecule has 3 aromatic rings. The summed E-state index contributed by atoms with van der Waals surface area (Å²) in [6.07, 6.45) is 3.27. The van der Waals surface area contributed by atoms with Gasteiger partial charge in [0.15, 0.2) is 11.5 Å². The Kier molecular flexibility index (Phi) is 7.37. The lowest BCUT2D eigenvalue weighted by molar-refractivity contribution is -0.112. The van der Waals surface area contributed by atoms with Crippen molar-refractivity contribution in [1.82, 2.24) is 19.9 Å². The van der Waals surface area contributed by atoms with Gasteiger partial charge in [0.05, 0.1) is 18.5 Å². The third-order valence-electron chi connectivity index (χ3n) is 5.51. The maximum atomic E-state index is 11.4. The number of hydrogen-bond acceptors (Lipinski definition) is 6. The molecule has 1 saturated carbocycles. The molecule has 4 atom stereocenters. The molecule has 1 fully saturated rings. The van der Waals surface area contributed by atoms with E-state index in [4.69, 9.17) is 11.6 Å². The highest BCUT2D eigenvalue weighted by Crippen LogP contribution is 2.37. The molecule has 1 aliphatic rings. The molecule has 9 heteroatoms. The highest BCUT2D eigenvalue weighted by molar-refractivity contribution is 6.30. The molecule has 0 bridgehead atoms. The molecular weight excluding hydrogens is 418 g/mol. The average molecular weight is 444 g/mol. The van der Waals surface area contributed by atoms with Gasteiger partial charge >= 0.3 is 0 Å². The number of anilines is 1. The van der Waals surface area contributed by atoms with Crippen molar-refractivity contribution in [2.75, 3.05) is 5.32 Å². The summed E-state index contributed by atoms with van der Waals surface area (Å²) in [6.45, 7) is 7.26. The van der Waals surface area contributed by atoms with Crippen molar-refractivity contribution in [3.05, 3.63) is 59.7 Å². The molecule has 1 amide bonds. The van der Waals surface area contributed by atoms with Crippen molar-refractivity contribution in [3.63, 3.8) is 0 Å². The molecule has 2 heterocycles. The number of amides is 1. The van der Waals surface area contributed by atoms with Crippen molar-refractivity contribution in [1.29, 1.82) is 0 Å². The van der Waals surface area contributed by atoms with E-state index in [0.717, 1.165) is 11.4 Å². The molecule has 4 N–H and O–H groups in total. The first kappa shape index (κ1) is 22.9. The van der Waals surface area contributed by atoms with E-state index in [1.807, 2.05) is 24.3 Å². The minimum absolute atomic E-state index is 0.149. The topological polar surface area (TPSA) is 124 Å². The number of rotatable bonds is 4. The van der Waals surface area contributed by atoms with Crippen molar-refractivity contribution >= 4 is 34.5 Å². The standard InChI is InChI=1S/C13H17ClO2.C9H9N5O/c1-8(9-2-4-10(14)5-3-9)11-6-7-12(15)13(11)16;1-5(2)9(15)14-8-6-7(11-3-10-6)12-4-13-8/h2-5,8,11-13,15-16H,6-7H2,1H3;3-4H,1H2,2H3,(H2,10,11,12,13,14,15). The van der Waals surface area contributed by atoms with Gasteiger partial charge in [-0.2, -0.15) is 0 Å². The summed E-state index contributed by atoms with van der Waals surface area (Å²) >= 11 is 5.84. The number of aromatic nitrogens is 4. The number of carbonyl (C=O) groups excluding carboxylic acids is 1. The molecule has 4 rings (SSSR count). The van der Waals surface area contributed by atoms with E-state index in [1.165, 1.54) is 18.2 Å². The Balaban J connectivity index is 0.000000176. The lowest BCUT2D eigenvalue weighted by atomic mass is 9.85. The largest absolute Gasteiger partial charge is 0.390 e. The number of nitrogens with one attached hydrogen (secondary N) is 2. The Labute approximate surface area is 185 Å². The number of benzene rings is 1. The predicted octanol–water partition coefficient (Wildman–Crippen LogP) is 3.44. The van der Waals surface area contributed by atoms with Crippen LogP contribution in [0.1, 0.15) is 38.2 Å². The van der Waals surface area contributed by atoms with E-state index in [-0.39, 0.29) is 17.7 Å². The zero-order valence-corrected chi connectivity index (χ0v) is 18.2. The van der Waals surface area contributed by atoms with Crippen LogP contribution in [0.25, 0.3) is 11.2 Å². The van der Waals surface area contributed by atoms with Gasteiger partial charge in [-0.1, -0.05) is 37.2 Å². The fraction of sp³-hybridized carbons (Fsp3) is 0.364. The van der Waals surface area contributed by atoms with Gasteiger partial charge in [-0.3, -0.25) is 4.79 Å². The minimum atomic E-state index is -0.592. The first-order valence-electron chi connectivity index (χ1n) is 10.0. The van der Waals surface area contributed by atoms with Gasteiger partial charge < -0.3 is 20.5 Å². The Morgan fingerprint density at radius 3 is 2.55 bits per heavy atom. The van der Waals surface area contributed by atoms with Crippen LogP contribution >= 0.6 is 11.6 Å². The molecule has 0 radical (unpaired) electrons. The predicted molar refractivity (Wildman–Crippen MR) is 120 cm³/mol. The number of fused-ring (bicyclic) bond motifs is 1. The molecular formula is C22H26ClN5O3. The zero-order chi connectivity index (χ0) is 22.5. The summed E-state index contributed by atoms with van der Waals surface area (Å²) in [5.41, 5.74) is 2.71. The summed E-state index contributed by atoms with van der Waals surface area (Å²) in [5.74, 6) is 0.538. The molecule has 164 valence electrons. The van der Waals surface area contributed by atoms with Gasteiger partial charge in [0, 0.05) is 10.6 Å². The van der Waals surface area contributed by atoms with E-state index < -0.39 is 12.2 Å². The van der Waals surface area contributed by atoms with Gasteiger partial charge in [-0.25, -0.2) is 15.0 Å². The van der Waals surface area contributed by atoms with Gasteiger partial charge in [-0.15, -0.1) is 0 Å². The van der Waals surface area contributed by atoms with Crippen LogP contribution in [0.4, 0.5) is 5.82 Å². The molecule has 4 unspecified atom stereocenters. The first-order chi connectivity index (χ1) is 14.8. The number of imidazole rings is 1. The molecule has 0 spiro atoms. The van der Waals surface area contributed by atoms with Crippen LogP contribution in [0, 0.1) is 5.92 Å². The fourth-order valence-electron chi connectivity index (χ4n) is 3.62. The monoisotopic (exact) mass is 443 g/mol. The number of nitrogens with zero attached hydrogens (tertiary/aromatic N) is 3. The second-order valence-electron chi connectivity index (χ2n) is 7.70. The number of hydrogen-bond donors (Lipinski definition) is 4. The van der Waals surface area contributed by atoms with Gasteiger partial charge in [0.1, 0.15) is 11.8 Å². The second kappa shape index (κ2) is 10.00. The van der Waals surface area contributed by atoms with E-state index >= 15 is 0 Å². The fourth-order valence-corrected chi connectivity index (χ4v) is 3.75. The van der Waals surface area contributed by atoms with Crippen LogP contribution in [0.2, 0.25) is 5.02 Å². The highest BCUT2D eigenvalue weighted by Gasteiger charge is 2.36. The Bertz CT molecular complexity index is 1050. The summed E-state index contributed by atoms with van der Waals surface area (Å²) < 4.78 is 0. The zero-order valence-electron chi connectivity index (χ0n) is 17.4.